The number of para-hydroxylation sites is 2. The number of nitrogens with zero attached hydrogens (tertiary/aromatic N) is 2. The average molecular weight is 859 g/mol. The normalized spacial score (nSPS) is 13.1. The summed E-state index contributed by atoms with van der Waals surface area (Å²) in [4.78, 5) is 0. The van der Waals surface area contributed by atoms with Crippen LogP contribution in [0.4, 0.5) is 0 Å². The second kappa shape index (κ2) is 14.0. The number of hydrogen-bond acceptors (Lipinski definition) is 1. The van der Waals surface area contributed by atoms with Crippen molar-refractivity contribution in [1.82, 2.24) is 9.13 Å². The predicted molar refractivity (Wildman–Crippen MR) is 282 cm³/mol. The predicted octanol–water partition coefficient (Wildman–Crippen LogP) is 17.6. The molecule has 0 unspecified atom stereocenters. The summed E-state index contributed by atoms with van der Waals surface area (Å²) in [7, 11) is 0. The lowest BCUT2D eigenvalue weighted by molar-refractivity contribution is 0.660. The van der Waals surface area contributed by atoms with Crippen molar-refractivity contribution in [2.75, 3.05) is 0 Å². The van der Waals surface area contributed by atoms with Crippen molar-refractivity contribution in [1.29, 1.82) is 0 Å². The van der Waals surface area contributed by atoms with Gasteiger partial charge in [0.25, 0.3) is 0 Å². The zero-order valence-electron chi connectivity index (χ0n) is 36.6. The van der Waals surface area contributed by atoms with Crippen LogP contribution in [0.1, 0.15) is 25.0 Å². The third-order valence-electron chi connectivity index (χ3n) is 14.5. The average Bonchev–Trinajstić information content (AvgIpc) is 4.09. The van der Waals surface area contributed by atoms with Gasteiger partial charge in [0, 0.05) is 64.1 Å². The zero-order valence-corrected chi connectivity index (χ0v) is 37.4. The first-order valence-electron chi connectivity index (χ1n) is 22.9. The van der Waals surface area contributed by atoms with Gasteiger partial charge in [-0.3, -0.25) is 0 Å². The van der Waals surface area contributed by atoms with Crippen molar-refractivity contribution in [3.63, 3.8) is 0 Å². The Labute approximate surface area is 386 Å². The highest BCUT2D eigenvalue weighted by Gasteiger charge is 2.37. The molecule has 310 valence electrons. The molecule has 14 rings (SSSR count). The lowest BCUT2D eigenvalue weighted by Crippen LogP contribution is -2.15. The molecule has 0 radical (unpaired) electrons. The van der Waals surface area contributed by atoms with Crippen molar-refractivity contribution < 1.29 is 0 Å². The van der Waals surface area contributed by atoms with E-state index in [-0.39, 0.29) is 5.41 Å². The Kier molecular flexibility index (Phi) is 7.94. The summed E-state index contributed by atoms with van der Waals surface area (Å²) in [5.74, 6) is 0. The van der Waals surface area contributed by atoms with E-state index in [0.29, 0.717) is 0 Å². The molecular formula is C63H42N2S. The SMILES string of the molecule is CC1(C)c2cc(-n3c4ccccc4c4cc(-c5ccc6c7ccccc7n(-c7cc(-c8ccccc8)cc(-c8ccccc8)c7)c6c5)ccc43)ccc2-c2c1ccc1c2sc2ccccc21. The van der Waals surface area contributed by atoms with Crippen molar-refractivity contribution in [3.8, 4) is 55.9 Å². The summed E-state index contributed by atoms with van der Waals surface area (Å²) in [6.45, 7) is 4.80. The number of rotatable bonds is 5. The third-order valence-corrected chi connectivity index (χ3v) is 15.7. The lowest BCUT2D eigenvalue weighted by Gasteiger charge is -2.22. The minimum absolute atomic E-state index is 0.135. The Morgan fingerprint density at radius 1 is 0.333 bits per heavy atom. The summed E-state index contributed by atoms with van der Waals surface area (Å²) in [5.41, 5.74) is 19.8. The van der Waals surface area contributed by atoms with Gasteiger partial charge < -0.3 is 9.13 Å². The fourth-order valence-electron chi connectivity index (χ4n) is 11.3. The van der Waals surface area contributed by atoms with Gasteiger partial charge in [0.1, 0.15) is 0 Å². The largest absolute Gasteiger partial charge is 0.309 e. The van der Waals surface area contributed by atoms with Crippen LogP contribution in [0, 0.1) is 0 Å². The van der Waals surface area contributed by atoms with E-state index in [2.05, 4.69) is 241 Å². The van der Waals surface area contributed by atoms with Crippen LogP contribution in [0.2, 0.25) is 0 Å². The van der Waals surface area contributed by atoms with E-state index < -0.39 is 0 Å². The van der Waals surface area contributed by atoms with Crippen LogP contribution in [0.25, 0.3) is 120 Å². The van der Waals surface area contributed by atoms with E-state index in [9.17, 15) is 0 Å². The van der Waals surface area contributed by atoms with E-state index in [1.165, 1.54) is 125 Å². The summed E-state index contributed by atoms with van der Waals surface area (Å²) in [6.07, 6.45) is 0. The maximum Gasteiger partial charge on any atom is 0.0547 e. The van der Waals surface area contributed by atoms with Crippen LogP contribution < -0.4 is 0 Å². The Morgan fingerprint density at radius 2 is 0.894 bits per heavy atom. The summed E-state index contributed by atoms with van der Waals surface area (Å²) >= 11 is 1.93. The Bertz CT molecular complexity index is 4070. The molecule has 0 aliphatic heterocycles. The van der Waals surface area contributed by atoms with Gasteiger partial charge in [0.15, 0.2) is 0 Å². The number of thiophene rings is 1. The number of benzene rings is 10. The van der Waals surface area contributed by atoms with Gasteiger partial charge in [-0.1, -0.05) is 166 Å². The molecule has 3 heterocycles. The lowest BCUT2D eigenvalue weighted by atomic mass is 9.82. The van der Waals surface area contributed by atoms with Gasteiger partial charge in [0.2, 0.25) is 0 Å². The van der Waals surface area contributed by atoms with Gasteiger partial charge in [-0.2, -0.15) is 0 Å². The quantitative estimate of drug-likeness (QED) is 0.163. The molecule has 0 N–H and O–H groups in total. The fourth-order valence-corrected chi connectivity index (χ4v) is 12.6. The standard InChI is InChI=1S/C63H42N2S/c1-63(2)54-31-30-51-50-21-11-14-24-60(50)66-62(51)61(54)52-29-27-45(38-55(52)63)64-57-23-13-10-20-48(57)53-36-41(26-32-58(53)64)42-25-28-49-47-19-9-12-22-56(47)65(59(49)37-42)46-34-43(39-15-5-3-6-16-39)33-44(35-46)40-17-7-4-8-18-40/h3-38H,1-2H3. The minimum Gasteiger partial charge on any atom is -0.309 e. The molecule has 1 aliphatic rings. The Balaban J connectivity index is 0.928. The molecule has 3 aromatic heterocycles. The van der Waals surface area contributed by atoms with Crippen LogP contribution in [0.15, 0.2) is 218 Å². The fraction of sp³-hybridized carbons (Fsp3) is 0.0476. The van der Waals surface area contributed by atoms with E-state index >= 15 is 0 Å². The summed E-state index contributed by atoms with van der Waals surface area (Å²) < 4.78 is 7.70. The highest BCUT2D eigenvalue weighted by Crippen LogP contribution is 2.54. The van der Waals surface area contributed by atoms with E-state index in [1.54, 1.807) is 0 Å². The molecule has 0 amide bonds. The van der Waals surface area contributed by atoms with Crippen molar-refractivity contribution >= 4 is 75.1 Å². The Hall–Kier alpha value is -7.98. The molecule has 13 aromatic rings. The number of fused-ring (bicyclic) bond motifs is 13. The van der Waals surface area contributed by atoms with Crippen LogP contribution in [-0.2, 0) is 5.41 Å². The van der Waals surface area contributed by atoms with Crippen LogP contribution in [0.5, 0.6) is 0 Å². The molecule has 0 saturated carbocycles. The second-order valence-electron chi connectivity index (χ2n) is 18.5. The molecule has 0 saturated heterocycles. The smallest absolute Gasteiger partial charge is 0.0547 e. The first-order valence-corrected chi connectivity index (χ1v) is 23.7. The van der Waals surface area contributed by atoms with E-state index in [4.69, 9.17) is 0 Å². The van der Waals surface area contributed by atoms with Gasteiger partial charge in [-0.25, -0.2) is 0 Å². The van der Waals surface area contributed by atoms with E-state index in [1.807, 2.05) is 11.3 Å². The molecule has 0 bridgehead atoms. The van der Waals surface area contributed by atoms with Crippen LogP contribution in [-0.4, -0.2) is 9.13 Å². The maximum absolute atomic E-state index is 2.48. The molecule has 3 heteroatoms. The molecule has 10 aromatic carbocycles. The molecule has 2 nitrogen and oxygen atoms in total. The summed E-state index contributed by atoms with van der Waals surface area (Å²) in [5, 5.41) is 7.70. The highest BCUT2D eigenvalue weighted by atomic mass is 32.1. The number of hydrogen-bond donors (Lipinski definition) is 0. The van der Waals surface area contributed by atoms with Crippen LogP contribution >= 0.6 is 11.3 Å². The molecule has 1 aliphatic carbocycles. The first-order chi connectivity index (χ1) is 32.5. The minimum atomic E-state index is -0.135. The Morgan fingerprint density at radius 3 is 1.62 bits per heavy atom. The number of aromatic nitrogens is 2. The molecule has 0 spiro atoms. The highest BCUT2D eigenvalue weighted by molar-refractivity contribution is 7.26. The van der Waals surface area contributed by atoms with Gasteiger partial charge in [-0.05, 0) is 117 Å². The maximum atomic E-state index is 2.48. The van der Waals surface area contributed by atoms with Gasteiger partial charge in [-0.15, -0.1) is 11.3 Å². The van der Waals surface area contributed by atoms with Crippen LogP contribution in [0.3, 0.4) is 0 Å². The molecule has 0 fully saturated rings. The monoisotopic (exact) mass is 858 g/mol. The third kappa shape index (κ3) is 5.41. The van der Waals surface area contributed by atoms with E-state index in [0.717, 1.165) is 5.69 Å². The topological polar surface area (TPSA) is 9.86 Å². The molecular weight excluding hydrogens is 817 g/mol. The second-order valence-corrected chi connectivity index (χ2v) is 19.5. The van der Waals surface area contributed by atoms with Crippen molar-refractivity contribution in [3.05, 3.63) is 230 Å². The first kappa shape index (κ1) is 37.4. The van der Waals surface area contributed by atoms with Crippen molar-refractivity contribution in [2.45, 2.75) is 19.3 Å². The van der Waals surface area contributed by atoms with Gasteiger partial charge >= 0.3 is 0 Å². The van der Waals surface area contributed by atoms with Crippen molar-refractivity contribution in [2.24, 2.45) is 0 Å². The summed E-state index contributed by atoms with van der Waals surface area (Å²) in [6, 6.07) is 81.2. The van der Waals surface area contributed by atoms with Gasteiger partial charge in [0.05, 0.1) is 22.1 Å². The zero-order chi connectivity index (χ0) is 43.7. The molecule has 0 atom stereocenters. The molecule has 66 heavy (non-hydrogen) atoms.